The van der Waals surface area contributed by atoms with Crippen molar-refractivity contribution >= 4 is 45.3 Å². The molecule has 2 aromatic carbocycles. The van der Waals surface area contributed by atoms with Crippen molar-refractivity contribution in [1.29, 1.82) is 0 Å². The van der Waals surface area contributed by atoms with Crippen molar-refractivity contribution in [2.45, 2.75) is 26.8 Å². The van der Waals surface area contributed by atoms with Gasteiger partial charge in [0.25, 0.3) is 11.8 Å². The molecule has 0 bridgehead atoms. The first-order chi connectivity index (χ1) is 15.5. The number of halogens is 1. The molecule has 2 rings (SSSR count). The molecule has 0 aliphatic heterocycles. The van der Waals surface area contributed by atoms with Crippen molar-refractivity contribution in [3.8, 4) is 5.75 Å². The predicted octanol–water partition coefficient (Wildman–Crippen LogP) is 2.47. The zero-order valence-corrected chi connectivity index (χ0v) is 20.4. The fourth-order valence-electron chi connectivity index (χ4n) is 2.75. The van der Waals surface area contributed by atoms with Gasteiger partial charge in [0.05, 0.1) is 18.2 Å². The van der Waals surface area contributed by atoms with Crippen LogP contribution < -0.4 is 19.8 Å². The Balaban J connectivity index is 1.95. The fourth-order valence-corrected chi connectivity index (χ4v) is 3.83. The average molecular weight is 495 g/mol. The lowest BCUT2D eigenvalue weighted by atomic mass is 10.2. The lowest BCUT2D eigenvalue weighted by Crippen LogP contribution is -2.39. The highest BCUT2D eigenvalue weighted by atomic mass is 35.5. The number of ether oxygens (including phenoxy) is 1. The van der Waals surface area contributed by atoms with Gasteiger partial charge >= 0.3 is 0 Å². The Hall–Kier alpha value is -3.11. The average Bonchev–Trinajstić information content (AvgIpc) is 2.72. The molecule has 33 heavy (non-hydrogen) atoms. The van der Waals surface area contributed by atoms with Crippen molar-refractivity contribution in [3.63, 3.8) is 0 Å². The number of rotatable bonds is 10. The molecule has 11 heteroatoms. The minimum Gasteiger partial charge on any atom is -0.484 e. The van der Waals surface area contributed by atoms with Crippen molar-refractivity contribution in [3.05, 3.63) is 58.6 Å². The van der Waals surface area contributed by atoms with Crippen LogP contribution in [0.1, 0.15) is 25.0 Å². The van der Waals surface area contributed by atoms with Crippen molar-refractivity contribution in [2.24, 2.45) is 5.10 Å². The summed E-state index contributed by atoms with van der Waals surface area (Å²) in [5.74, 6) is -0.322. The highest BCUT2D eigenvalue weighted by molar-refractivity contribution is 7.92. The first-order valence-electron chi connectivity index (χ1n) is 10.0. The molecule has 0 atom stereocenters. The molecule has 2 amide bonds. The number of sulfonamides is 1. The van der Waals surface area contributed by atoms with Crippen LogP contribution in [0, 0.1) is 6.92 Å². The topological polar surface area (TPSA) is 117 Å². The van der Waals surface area contributed by atoms with Gasteiger partial charge in [0.1, 0.15) is 12.3 Å². The Bertz CT molecular complexity index is 1120. The number of carbonyl (C=O) groups excluding carboxylic acids is 2. The van der Waals surface area contributed by atoms with Crippen LogP contribution in [0.3, 0.4) is 0 Å². The van der Waals surface area contributed by atoms with Crippen LogP contribution in [0.5, 0.6) is 5.75 Å². The molecule has 0 saturated carbocycles. The molecule has 0 aliphatic carbocycles. The van der Waals surface area contributed by atoms with E-state index in [1.54, 1.807) is 49.4 Å². The summed E-state index contributed by atoms with van der Waals surface area (Å²) < 4.78 is 30.8. The summed E-state index contributed by atoms with van der Waals surface area (Å²) in [6.07, 6.45) is 2.42. The van der Waals surface area contributed by atoms with Gasteiger partial charge in [-0.1, -0.05) is 17.7 Å². The van der Waals surface area contributed by atoms with Crippen molar-refractivity contribution in [1.82, 2.24) is 10.7 Å². The molecule has 0 spiro atoms. The van der Waals surface area contributed by atoms with E-state index in [1.165, 1.54) is 6.21 Å². The molecule has 0 radical (unpaired) electrons. The number of hydrogen-bond acceptors (Lipinski definition) is 6. The maximum Gasteiger partial charge on any atom is 0.260 e. The smallest absolute Gasteiger partial charge is 0.260 e. The molecular weight excluding hydrogens is 468 g/mol. The lowest BCUT2D eigenvalue weighted by Gasteiger charge is -2.23. The number of carbonyl (C=O) groups is 2. The molecule has 0 heterocycles. The number of hydrazone groups is 1. The third-order valence-corrected chi connectivity index (χ3v) is 5.83. The van der Waals surface area contributed by atoms with E-state index in [1.807, 2.05) is 13.8 Å². The predicted molar refractivity (Wildman–Crippen MR) is 129 cm³/mol. The zero-order valence-electron chi connectivity index (χ0n) is 18.8. The number of amides is 2. The second kappa shape index (κ2) is 11.7. The third kappa shape index (κ3) is 8.39. The van der Waals surface area contributed by atoms with E-state index in [0.717, 1.165) is 10.6 Å². The standard InChI is InChI=1S/C22H27ClN4O5S/c1-15(2)25-22(29)14-32-18-10-8-17(9-11-18)12-24-26-21(28)13-27(33(4,30)31)20-7-5-6-19(23)16(20)3/h5-12,15H,13-14H2,1-4H3,(H,25,29)(H,26,28)/b24-12-. The van der Waals surface area contributed by atoms with E-state index in [4.69, 9.17) is 16.3 Å². The monoisotopic (exact) mass is 494 g/mol. The molecule has 178 valence electrons. The van der Waals surface area contributed by atoms with Gasteiger partial charge in [-0.05, 0) is 68.3 Å². The van der Waals surface area contributed by atoms with Crippen LogP contribution in [0.15, 0.2) is 47.6 Å². The highest BCUT2D eigenvalue weighted by Gasteiger charge is 2.23. The maximum absolute atomic E-state index is 12.3. The zero-order chi connectivity index (χ0) is 24.6. The number of benzene rings is 2. The van der Waals surface area contributed by atoms with Crippen LogP contribution in [0.2, 0.25) is 5.02 Å². The van der Waals surface area contributed by atoms with Crippen LogP contribution in [0.25, 0.3) is 0 Å². The quantitative estimate of drug-likeness (QED) is 0.388. The van der Waals surface area contributed by atoms with Gasteiger partial charge in [0.2, 0.25) is 10.0 Å². The minimum atomic E-state index is -3.73. The molecule has 0 fully saturated rings. The van der Waals surface area contributed by atoms with E-state index in [2.05, 4.69) is 15.8 Å². The van der Waals surface area contributed by atoms with Crippen molar-refractivity contribution < 1.29 is 22.7 Å². The molecule has 0 unspecified atom stereocenters. The second-order valence-electron chi connectivity index (χ2n) is 7.53. The Morgan fingerprint density at radius 3 is 2.42 bits per heavy atom. The minimum absolute atomic E-state index is 0.0360. The molecule has 2 N–H and O–H groups in total. The number of nitrogens with one attached hydrogen (secondary N) is 2. The normalized spacial score (nSPS) is 11.5. The summed E-state index contributed by atoms with van der Waals surface area (Å²) in [4.78, 5) is 23.9. The van der Waals surface area contributed by atoms with Gasteiger partial charge in [-0.2, -0.15) is 5.10 Å². The number of hydrogen-bond donors (Lipinski definition) is 2. The summed E-state index contributed by atoms with van der Waals surface area (Å²) in [6.45, 7) is 4.85. The molecule has 9 nitrogen and oxygen atoms in total. The largest absolute Gasteiger partial charge is 0.484 e. The van der Waals surface area contributed by atoms with Crippen LogP contribution in [0.4, 0.5) is 5.69 Å². The summed E-state index contributed by atoms with van der Waals surface area (Å²) in [6, 6.07) is 11.6. The molecule has 0 aromatic heterocycles. The molecular formula is C22H27ClN4O5S. The van der Waals surface area contributed by atoms with Crippen molar-refractivity contribution in [2.75, 3.05) is 23.7 Å². The summed E-state index contributed by atoms with van der Waals surface area (Å²) in [7, 11) is -3.73. The number of nitrogens with zero attached hydrogens (tertiary/aromatic N) is 2. The molecule has 0 saturated heterocycles. The fraction of sp³-hybridized carbons (Fsp3) is 0.318. The summed E-state index contributed by atoms with van der Waals surface area (Å²) >= 11 is 6.09. The van der Waals surface area contributed by atoms with Gasteiger partial charge in [0.15, 0.2) is 6.61 Å². The van der Waals surface area contributed by atoms with Gasteiger partial charge < -0.3 is 10.1 Å². The summed E-state index contributed by atoms with van der Waals surface area (Å²) in [5.41, 5.74) is 3.85. The molecule has 2 aromatic rings. The van der Waals surface area contributed by atoms with Gasteiger partial charge in [-0.25, -0.2) is 13.8 Å². The Morgan fingerprint density at radius 2 is 1.82 bits per heavy atom. The first-order valence-corrected chi connectivity index (χ1v) is 12.3. The van der Waals surface area contributed by atoms with Crippen LogP contribution >= 0.6 is 11.6 Å². The molecule has 0 aliphatic rings. The maximum atomic E-state index is 12.3. The van der Waals surface area contributed by atoms with E-state index in [9.17, 15) is 18.0 Å². The van der Waals surface area contributed by atoms with E-state index in [0.29, 0.717) is 27.6 Å². The Labute approximate surface area is 198 Å². The van der Waals surface area contributed by atoms with Gasteiger partial charge in [0, 0.05) is 11.1 Å². The van der Waals surface area contributed by atoms with E-state index < -0.39 is 22.5 Å². The Kier molecular flexibility index (Phi) is 9.24. The highest BCUT2D eigenvalue weighted by Crippen LogP contribution is 2.27. The van der Waals surface area contributed by atoms with Gasteiger partial charge in [-0.15, -0.1) is 0 Å². The Morgan fingerprint density at radius 1 is 1.15 bits per heavy atom. The first kappa shape index (κ1) is 26.1. The SMILES string of the molecule is Cc1c(Cl)cccc1N(CC(=O)N/N=C\c1ccc(OCC(=O)NC(C)C)cc1)S(C)(=O)=O. The van der Waals surface area contributed by atoms with Gasteiger partial charge in [-0.3, -0.25) is 13.9 Å². The lowest BCUT2D eigenvalue weighted by molar-refractivity contribution is -0.123. The van der Waals surface area contributed by atoms with E-state index in [-0.39, 0.29) is 18.6 Å². The van der Waals surface area contributed by atoms with Crippen LogP contribution in [-0.2, 0) is 19.6 Å². The number of anilines is 1. The van der Waals surface area contributed by atoms with E-state index >= 15 is 0 Å². The second-order valence-corrected chi connectivity index (χ2v) is 9.84. The summed E-state index contributed by atoms with van der Waals surface area (Å²) in [5, 5.41) is 6.99. The van der Waals surface area contributed by atoms with Crippen LogP contribution in [-0.4, -0.2) is 51.9 Å². The third-order valence-electron chi connectivity index (χ3n) is 4.30.